The maximum absolute atomic E-state index is 11.6. The Morgan fingerprint density at radius 1 is 1.20 bits per heavy atom. The Hall–Kier alpha value is -1.97. The molecule has 1 amide bonds. The SMILES string of the molecule is COc1cc(/C=C/C(=O)NCCC(C)C)cc(OC)c1. The van der Waals surface area contributed by atoms with E-state index >= 15 is 0 Å². The third-order valence-corrected chi connectivity index (χ3v) is 2.82. The van der Waals surface area contributed by atoms with Gasteiger partial charge in [-0.15, -0.1) is 0 Å². The highest BCUT2D eigenvalue weighted by Gasteiger charge is 2.01. The highest BCUT2D eigenvalue weighted by molar-refractivity contribution is 5.91. The molecule has 1 rings (SSSR count). The van der Waals surface area contributed by atoms with Crippen LogP contribution in [0.3, 0.4) is 0 Å². The summed E-state index contributed by atoms with van der Waals surface area (Å²) in [6.45, 7) is 4.96. The van der Waals surface area contributed by atoms with E-state index in [2.05, 4.69) is 19.2 Å². The lowest BCUT2D eigenvalue weighted by atomic mass is 10.1. The fourth-order valence-corrected chi connectivity index (χ4v) is 1.64. The lowest BCUT2D eigenvalue weighted by molar-refractivity contribution is -0.116. The van der Waals surface area contributed by atoms with Gasteiger partial charge in [0.05, 0.1) is 14.2 Å². The highest BCUT2D eigenvalue weighted by Crippen LogP contribution is 2.23. The number of carbonyl (C=O) groups is 1. The van der Waals surface area contributed by atoms with Crippen molar-refractivity contribution in [1.82, 2.24) is 5.32 Å². The van der Waals surface area contributed by atoms with Crippen LogP contribution in [-0.2, 0) is 4.79 Å². The molecule has 1 N–H and O–H groups in total. The molecule has 0 bridgehead atoms. The second kappa shape index (κ2) is 8.25. The normalized spacial score (nSPS) is 10.8. The molecule has 0 fully saturated rings. The van der Waals surface area contributed by atoms with Crippen molar-refractivity contribution in [2.75, 3.05) is 20.8 Å². The van der Waals surface area contributed by atoms with Gasteiger partial charge in [0.2, 0.25) is 5.91 Å². The zero-order chi connectivity index (χ0) is 15.0. The Bertz CT molecular complexity index is 445. The van der Waals surface area contributed by atoms with Gasteiger partial charge < -0.3 is 14.8 Å². The molecule has 0 unspecified atom stereocenters. The summed E-state index contributed by atoms with van der Waals surface area (Å²) in [5.74, 6) is 1.89. The van der Waals surface area contributed by atoms with Gasteiger partial charge in [-0.25, -0.2) is 0 Å². The molecule has 0 saturated heterocycles. The summed E-state index contributed by atoms with van der Waals surface area (Å²) in [4.78, 5) is 11.6. The first-order chi connectivity index (χ1) is 9.55. The lowest BCUT2D eigenvalue weighted by Gasteiger charge is -2.06. The molecule has 0 aliphatic heterocycles. The average molecular weight is 277 g/mol. The van der Waals surface area contributed by atoms with Crippen molar-refractivity contribution in [1.29, 1.82) is 0 Å². The van der Waals surface area contributed by atoms with E-state index in [1.54, 1.807) is 26.4 Å². The number of hydrogen-bond donors (Lipinski definition) is 1. The summed E-state index contributed by atoms with van der Waals surface area (Å²) < 4.78 is 10.4. The van der Waals surface area contributed by atoms with Crippen LogP contribution in [0.2, 0.25) is 0 Å². The first-order valence-corrected chi connectivity index (χ1v) is 6.74. The van der Waals surface area contributed by atoms with Crippen LogP contribution in [-0.4, -0.2) is 26.7 Å². The first-order valence-electron chi connectivity index (χ1n) is 6.74. The molecule has 0 aliphatic rings. The quantitative estimate of drug-likeness (QED) is 0.780. The number of methoxy groups -OCH3 is 2. The summed E-state index contributed by atoms with van der Waals surface area (Å²) in [7, 11) is 3.20. The minimum atomic E-state index is -0.0903. The number of amides is 1. The number of benzene rings is 1. The van der Waals surface area contributed by atoms with Crippen molar-refractivity contribution in [3.05, 3.63) is 29.8 Å². The van der Waals surface area contributed by atoms with Gasteiger partial charge in [-0.2, -0.15) is 0 Å². The molecule has 4 heteroatoms. The van der Waals surface area contributed by atoms with Crippen LogP contribution < -0.4 is 14.8 Å². The van der Waals surface area contributed by atoms with Gasteiger partial charge in [0.15, 0.2) is 0 Å². The lowest BCUT2D eigenvalue weighted by Crippen LogP contribution is -2.23. The number of rotatable bonds is 7. The van der Waals surface area contributed by atoms with Crippen LogP contribution >= 0.6 is 0 Å². The average Bonchev–Trinajstić information content (AvgIpc) is 2.44. The zero-order valence-electron chi connectivity index (χ0n) is 12.6. The zero-order valence-corrected chi connectivity index (χ0v) is 12.6. The molecular formula is C16H23NO3. The van der Waals surface area contributed by atoms with Gasteiger partial charge >= 0.3 is 0 Å². The summed E-state index contributed by atoms with van der Waals surface area (Å²) >= 11 is 0. The molecule has 0 atom stereocenters. The minimum Gasteiger partial charge on any atom is -0.497 e. The van der Waals surface area contributed by atoms with Crippen LogP contribution in [0, 0.1) is 5.92 Å². The molecule has 4 nitrogen and oxygen atoms in total. The van der Waals surface area contributed by atoms with Gasteiger partial charge in [-0.1, -0.05) is 13.8 Å². The van der Waals surface area contributed by atoms with Gasteiger partial charge in [0, 0.05) is 18.7 Å². The monoisotopic (exact) mass is 277 g/mol. The number of ether oxygens (including phenoxy) is 2. The fraction of sp³-hybridized carbons (Fsp3) is 0.438. The maximum Gasteiger partial charge on any atom is 0.243 e. The minimum absolute atomic E-state index is 0.0903. The second-order valence-electron chi connectivity index (χ2n) is 4.95. The molecule has 0 aliphatic carbocycles. The van der Waals surface area contributed by atoms with Crippen LogP contribution in [0.5, 0.6) is 11.5 Å². The van der Waals surface area contributed by atoms with Gasteiger partial charge in [-0.05, 0) is 36.1 Å². The second-order valence-corrected chi connectivity index (χ2v) is 4.95. The largest absolute Gasteiger partial charge is 0.497 e. The molecule has 0 saturated carbocycles. The molecule has 0 heterocycles. The standard InChI is InChI=1S/C16H23NO3/c1-12(2)7-8-17-16(18)6-5-13-9-14(19-3)11-15(10-13)20-4/h5-6,9-12H,7-8H2,1-4H3,(H,17,18)/b6-5+. The predicted molar refractivity (Wildman–Crippen MR) is 81.0 cm³/mol. The Morgan fingerprint density at radius 2 is 1.80 bits per heavy atom. The molecular weight excluding hydrogens is 254 g/mol. The molecule has 20 heavy (non-hydrogen) atoms. The third kappa shape index (κ3) is 5.78. The van der Waals surface area contributed by atoms with Crippen molar-refractivity contribution in [2.45, 2.75) is 20.3 Å². The Morgan fingerprint density at radius 3 is 2.30 bits per heavy atom. The third-order valence-electron chi connectivity index (χ3n) is 2.82. The summed E-state index contributed by atoms with van der Waals surface area (Å²) in [6, 6.07) is 5.49. The molecule has 0 spiro atoms. The van der Waals surface area contributed by atoms with Gasteiger partial charge in [-0.3, -0.25) is 4.79 Å². The summed E-state index contributed by atoms with van der Waals surface area (Å²) in [5, 5.41) is 2.85. The maximum atomic E-state index is 11.6. The van der Waals surface area contributed by atoms with Crippen LogP contribution in [0.4, 0.5) is 0 Å². The van der Waals surface area contributed by atoms with Crippen molar-refractivity contribution in [3.8, 4) is 11.5 Å². The van der Waals surface area contributed by atoms with Gasteiger partial charge in [0.25, 0.3) is 0 Å². The molecule has 1 aromatic carbocycles. The first kappa shape index (κ1) is 16.1. The van der Waals surface area contributed by atoms with Crippen molar-refractivity contribution in [3.63, 3.8) is 0 Å². The summed E-state index contributed by atoms with van der Waals surface area (Å²) in [6.07, 6.45) is 4.25. The Labute approximate surface area is 120 Å². The Balaban J connectivity index is 2.62. The van der Waals surface area contributed by atoms with E-state index in [0.29, 0.717) is 24.0 Å². The smallest absolute Gasteiger partial charge is 0.243 e. The van der Waals surface area contributed by atoms with Crippen LogP contribution in [0.25, 0.3) is 6.08 Å². The Kier molecular flexibility index (Phi) is 6.64. The summed E-state index contributed by atoms with van der Waals surface area (Å²) in [5.41, 5.74) is 0.861. The fourth-order valence-electron chi connectivity index (χ4n) is 1.64. The molecule has 0 radical (unpaired) electrons. The molecule has 110 valence electrons. The van der Waals surface area contributed by atoms with Crippen molar-refractivity contribution >= 4 is 12.0 Å². The van der Waals surface area contributed by atoms with Crippen molar-refractivity contribution < 1.29 is 14.3 Å². The van der Waals surface area contributed by atoms with Crippen LogP contribution in [0.15, 0.2) is 24.3 Å². The van der Waals surface area contributed by atoms with E-state index in [4.69, 9.17) is 9.47 Å². The van der Waals surface area contributed by atoms with E-state index < -0.39 is 0 Å². The van der Waals surface area contributed by atoms with E-state index in [9.17, 15) is 4.79 Å². The topological polar surface area (TPSA) is 47.6 Å². The number of carbonyl (C=O) groups excluding carboxylic acids is 1. The van der Waals surface area contributed by atoms with E-state index in [-0.39, 0.29) is 5.91 Å². The number of nitrogens with one attached hydrogen (secondary N) is 1. The van der Waals surface area contributed by atoms with Crippen LogP contribution in [0.1, 0.15) is 25.8 Å². The molecule has 0 aromatic heterocycles. The van der Waals surface area contributed by atoms with Crippen molar-refractivity contribution in [2.24, 2.45) is 5.92 Å². The predicted octanol–water partition coefficient (Wildman–Crippen LogP) is 2.88. The van der Waals surface area contributed by atoms with E-state index in [0.717, 1.165) is 12.0 Å². The van der Waals surface area contributed by atoms with E-state index in [1.165, 1.54) is 6.08 Å². The van der Waals surface area contributed by atoms with E-state index in [1.807, 2.05) is 12.1 Å². The highest BCUT2D eigenvalue weighted by atomic mass is 16.5. The van der Waals surface area contributed by atoms with Gasteiger partial charge in [0.1, 0.15) is 11.5 Å². The number of hydrogen-bond acceptors (Lipinski definition) is 3. The molecule has 1 aromatic rings.